The second kappa shape index (κ2) is 4.87. The van der Waals surface area contributed by atoms with Gasteiger partial charge in [0, 0.05) is 26.2 Å². The molecule has 2 aliphatic heterocycles. The van der Waals surface area contributed by atoms with Crippen molar-refractivity contribution in [3.05, 3.63) is 23.3 Å². The lowest BCUT2D eigenvalue weighted by Crippen LogP contribution is -2.41. The number of amides is 3. The summed E-state index contributed by atoms with van der Waals surface area (Å²) in [6.07, 6.45) is 2.85. The Labute approximate surface area is 111 Å². The van der Waals surface area contributed by atoms with E-state index in [9.17, 15) is 14.4 Å². The molecule has 2 heterocycles. The molecule has 1 N–H and O–H groups in total. The van der Waals surface area contributed by atoms with Gasteiger partial charge in [-0.2, -0.15) is 0 Å². The third-order valence-electron chi connectivity index (χ3n) is 3.63. The molecule has 0 bridgehead atoms. The van der Waals surface area contributed by atoms with Crippen LogP contribution in [0.5, 0.6) is 0 Å². The van der Waals surface area contributed by atoms with Crippen LogP contribution in [0, 0.1) is 5.92 Å². The first-order valence-corrected chi connectivity index (χ1v) is 6.12. The summed E-state index contributed by atoms with van der Waals surface area (Å²) in [6.45, 7) is 2.46. The molecule has 0 radical (unpaired) electrons. The van der Waals surface area contributed by atoms with Crippen molar-refractivity contribution >= 4 is 17.9 Å². The molecule has 0 aromatic carbocycles. The van der Waals surface area contributed by atoms with Crippen LogP contribution >= 0.6 is 0 Å². The van der Waals surface area contributed by atoms with E-state index < -0.39 is 6.09 Å². The third-order valence-corrected chi connectivity index (χ3v) is 3.63. The van der Waals surface area contributed by atoms with Crippen molar-refractivity contribution in [3.8, 4) is 0 Å². The number of hydrogen-bond acceptors (Lipinski definition) is 3. The average Bonchev–Trinajstić information content (AvgIpc) is 2.40. The van der Waals surface area contributed by atoms with Gasteiger partial charge in [-0.05, 0) is 24.5 Å². The van der Waals surface area contributed by atoms with Crippen LogP contribution in [0.3, 0.4) is 0 Å². The highest BCUT2D eigenvalue weighted by Gasteiger charge is 2.32. The molecular weight excluding hydrogens is 248 g/mol. The predicted octanol–water partition coefficient (Wildman–Crippen LogP) is 0.858. The minimum Gasteiger partial charge on any atom is -0.465 e. The molecule has 0 fully saturated rings. The molecule has 102 valence electrons. The van der Waals surface area contributed by atoms with E-state index in [4.69, 9.17) is 5.11 Å². The van der Waals surface area contributed by atoms with Gasteiger partial charge in [0.15, 0.2) is 0 Å². The largest absolute Gasteiger partial charge is 0.465 e. The minimum absolute atomic E-state index is 0.218. The van der Waals surface area contributed by atoms with Crippen LogP contribution in [0.2, 0.25) is 0 Å². The van der Waals surface area contributed by atoms with Gasteiger partial charge in [0.2, 0.25) is 5.91 Å². The summed E-state index contributed by atoms with van der Waals surface area (Å²) in [6, 6.07) is 0. The molecule has 0 aromatic rings. The van der Waals surface area contributed by atoms with E-state index in [0.29, 0.717) is 19.5 Å². The molecule has 0 saturated carbocycles. The normalized spacial score (nSPS) is 24.2. The monoisotopic (exact) mass is 264 g/mol. The van der Waals surface area contributed by atoms with E-state index in [2.05, 4.69) is 0 Å². The maximum Gasteiger partial charge on any atom is 0.407 e. The summed E-state index contributed by atoms with van der Waals surface area (Å²) in [4.78, 5) is 36.8. The zero-order valence-electron chi connectivity index (χ0n) is 10.9. The van der Waals surface area contributed by atoms with Crippen LogP contribution < -0.4 is 0 Å². The van der Waals surface area contributed by atoms with E-state index >= 15 is 0 Å². The number of nitrogens with zero attached hydrogens (tertiary/aromatic N) is 2. The smallest absolute Gasteiger partial charge is 0.407 e. The first-order valence-electron chi connectivity index (χ1n) is 6.12. The van der Waals surface area contributed by atoms with E-state index in [1.807, 2.05) is 0 Å². The van der Waals surface area contributed by atoms with Crippen molar-refractivity contribution in [3.63, 3.8) is 0 Å². The van der Waals surface area contributed by atoms with Gasteiger partial charge in [0.1, 0.15) is 0 Å². The van der Waals surface area contributed by atoms with Gasteiger partial charge >= 0.3 is 6.09 Å². The SMILES string of the molecule is CC1C(=O)N(C)C(=O)C=C1C1=CCN(C(=O)O)CC1. The first kappa shape index (κ1) is 13.3. The van der Waals surface area contributed by atoms with Crippen LogP contribution in [0.4, 0.5) is 4.79 Å². The Morgan fingerprint density at radius 2 is 2.11 bits per heavy atom. The van der Waals surface area contributed by atoms with E-state index in [0.717, 1.165) is 16.0 Å². The number of carboxylic acid groups (broad SMARTS) is 1. The Bertz CT molecular complexity index is 507. The predicted molar refractivity (Wildman–Crippen MR) is 67.3 cm³/mol. The third kappa shape index (κ3) is 2.38. The van der Waals surface area contributed by atoms with E-state index in [1.165, 1.54) is 18.0 Å². The van der Waals surface area contributed by atoms with Crippen molar-refractivity contribution < 1.29 is 19.5 Å². The molecule has 3 amide bonds. The molecular formula is C13H16N2O4. The Kier molecular flexibility index (Phi) is 3.42. The van der Waals surface area contributed by atoms with Crippen LogP contribution in [0.1, 0.15) is 13.3 Å². The fraction of sp³-hybridized carbons (Fsp3) is 0.462. The lowest BCUT2D eigenvalue weighted by atomic mass is 9.86. The number of imide groups is 1. The number of rotatable bonds is 1. The molecule has 0 aliphatic carbocycles. The molecule has 0 spiro atoms. The van der Waals surface area contributed by atoms with Gasteiger partial charge in [0.25, 0.3) is 5.91 Å². The standard InChI is InChI=1S/C13H16N2O4/c1-8-10(7-11(16)14(2)12(8)17)9-3-5-15(6-4-9)13(18)19/h3,7-8H,4-6H2,1-2H3,(H,18,19). The molecule has 6 nitrogen and oxygen atoms in total. The van der Waals surface area contributed by atoms with Crippen LogP contribution in [0.25, 0.3) is 0 Å². The highest BCUT2D eigenvalue weighted by Crippen LogP contribution is 2.29. The van der Waals surface area contributed by atoms with Crippen molar-refractivity contribution in [1.82, 2.24) is 9.80 Å². The Morgan fingerprint density at radius 3 is 2.63 bits per heavy atom. The summed E-state index contributed by atoms with van der Waals surface area (Å²) in [5.74, 6) is -0.894. The fourth-order valence-corrected chi connectivity index (χ4v) is 2.36. The van der Waals surface area contributed by atoms with Gasteiger partial charge in [0.05, 0.1) is 5.92 Å². The Hall–Kier alpha value is -2.11. The quantitative estimate of drug-likeness (QED) is 0.712. The highest BCUT2D eigenvalue weighted by atomic mass is 16.4. The van der Waals surface area contributed by atoms with Crippen molar-refractivity contribution in [2.45, 2.75) is 13.3 Å². The molecule has 2 aliphatic rings. The van der Waals surface area contributed by atoms with Gasteiger partial charge < -0.3 is 10.0 Å². The topological polar surface area (TPSA) is 77.9 Å². The summed E-state index contributed by atoms with van der Waals surface area (Å²) < 4.78 is 0. The summed E-state index contributed by atoms with van der Waals surface area (Å²) in [7, 11) is 1.47. The van der Waals surface area contributed by atoms with Gasteiger partial charge in [-0.15, -0.1) is 0 Å². The highest BCUT2D eigenvalue weighted by molar-refractivity contribution is 6.06. The van der Waals surface area contributed by atoms with Gasteiger partial charge in [-0.25, -0.2) is 4.79 Å². The number of hydrogen-bond donors (Lipinski definition) is 1. The maximum absolute atomic E-state index is 11.9. The zero-order chi connectivity index (χ0) is 14.2. The lowest BCUT2D eigenvalue weighted by Gasteiger charge is -2.30. The van der Waals surface area contributed by atoms with E-state index in [-0.39, 0.29) is 17.7 Å². The van der Waals surface area contributed by atoms with Gasteiger partial charge in [-0.3, -0.25) is 14.5 Å². The van der Waals surface area contributed by atoms with E-state index in [1.54, 1.807) is 13.0 Å². The fourth-order valence-electron chi connectivity index (χ4n) is 2.36. The number of likely N-dealkylation sites (N-methyl/N-ethyl adjacent to an activating group) is 1. The zero-order valence-corrected chi connectivity index (χ0v) is 10.9. The molecule has 1 atom stereocenters. The number of carbonyl (C=O) groups excluding carboxylic acids is 2. The molecule has 6 heteroatoms. The second-order valence-corrected chi connectivity index (χ2v) is 4.76. The van der Waals surface area contributed by atoms with Crippen LogP contribution in [-0.2, 0) is 9.59 Å². The summed E-state index contributed by atoms with van der Waals surface area (Å²) in [5, 5.41) is 8.87. The van der Waals surface area contributed by atoms with Crippen molar-refractivity contribution in [2.24, 2.45) is 5.92 Å². The van der Waals surface area contributed by atoms with Crippen LogP contribution in [0.15, 0.2) is 23.3 Å². The van der Waals surface area contributed by atoms with Crippen molar-refractivity contribution in [2.75, 3.05) is 20.1 Å². The minimum atomic E-state index is -0.951. The average molecular weight is 264 g/mol. The van der Waals surface area contributed by atoms with Crippen LogP contribution in [-0.4, -0.2) is 53.0 Å². The summed E-state index contributed by atoms with van der Waals surface area (Å²) in [5.41, 5.74) is 1.62. The molecule has 1 unspecified atom stereocenters. The molecule has 0 aromatic heterocycles. The number of carbonyl (C=O) groups is 3. The molecule has 0 saturated heterocycles. The molecule has 2 rings (SSSR count). The summed E-state index contributed by atoms with van der Waals surface area (Å²) >= 11 is 0. The maximum atomic E-state index is 11.9. The lowest BCUT2D eigenvalue weighted by molar-refractivity contribution is -0.143. The second-order valence-electron chi connectivity index (χ2n) is 4.76. The Morgan fingerprint density at radius 1 is 1.42 bits per heavy atom. The molecule has 19 heavy (non-hydrogen) atoms. The van der Waals surface area contributed by atoms with Crippen molar-refractivity contribution in [1.29, 1.82) is 0 Å². The Balaban J connectivity index is 2.23. The first-order chi connectivity index (χ1) is 8.91. The van der Waals surface area contributed by atoms with Gasteiger partial charge in [-0.1, -0.05) is 6.08 Å².